The van der Waals surface area contributed by atoms with Crippen molar-refractivity contribution in [3.05, 3.63) is 53.9 Å². The molecule has 1 unspecified atom stereocenters. The zero-order valence-corrected chi connectivity index (χ0v) is 20.5. The van der Waals surface area contributed by atoms with Crippen molar-refractivity contribution in [1.29, 1.82) is 0 Å². The Morgan fingerprint density at radius 2 is 1.81 bits per heavy atom. The van der Waals surface area contributed by atoms with E-state index in [0.717, 1.165) is 23.4 Å². The normalized spacial score (nSPS) is 12.0. The second-order valence-corrected chi connectivity index (χ2v) is 8.78. The van der Waals surface area contributed by atoms with E-state index in [1.54, 1.807) is 12.0 Å². The van der Waals surface area contributed by atoms with Crippen molar-refractivity contribution in [2.24, 2.45) is 5.92 Å². The van der Waals surface area contributed by atoms with Gasteiger partial charge in [0.05, 0.1) is 20.2 Å². The lowest BCUT2D eigenvalue weighted by molar-refractivity contribution is -0.142. The molecule has 2 rings (SSSR count). The Bertz CT molecular complexity index is 875. The van der Waals surface area contributed by atoms with Crippen molar-refractivity contribution in [2.45, 2.75) is 66.6 Å². The van der Waals surface area contributed by atoms with Gasteiger partial charge in [0.2, 0.25) is 11.8 Å². The van der Waals surface area contributed by atoms with Crippen molar-refractivity contribution >= 4 is 11.8 Å². The molecule has 6 heteroatoms. The number of nitrogens with zero attached hydrogens (tertiary/aromatic N) is 3. The summed E-state index contributed by atoms with van der Waals surface area (Å²) in [6.07, 6.45) is 3.31. The lowest BCUT2D eigenvalue weighted by atomic mass is 10.1. The molecule has 1 atom stereocenters. The predicted molar refractivity (Wildman–Crippen MR) is 129 cm³/mol. The fourth-order valence-corrected chi connectivity index (χ4v) is 3.77. The van der Waals surface area contributed by atoms with Gasteiger partial charge in [-0.15, -0.1) is 0 Å². The molecule has 0 aliphatic carbocycles. The van der Waals surface area contributed by atoms with Crippen LogP contribution in [0.15, 0.2) is 42.6 Å². The molecule has 6 nitrogen and oxygen atoms in total. The molecular formula is C26H39N3O3. The molecule has 0 bridgehead atoms. The van der Waals surface area contributed by atoms with Crippen molar-refractivity contribution in [3.8, 4) is 5.75 Å². The van der Waals surface area contributed by atoms with Gasteiger partial charge in [-0.3, -0.25) is 9.59 Å². The van der Waals surface area contributed by atoms with Gasteiger partial charge in [0.1, 0.15) is 5.75 Å². The van der Waals surface area contributed by atoms with E-state index in [0.29, 0.717) is 32.0 Å². The SMILES string of the molecule is CCC(=O)N(CC(=O)N(Cc1cccn1Cc1cccc(OC)c1)C(C)CC)CC(C)C. The van der Waals surface area contributed by atoms with Gasteiger partial charge in [-0.25, -0.2) is 0 Å². The summed E-state index contributed by atoms with van der Waals surface area (Å²) >= 11 is 0. The highest BCUT2D eigenvalue weighted by atomic mass is 16.5. The van der Waals surface area contributed by atoms with Gasteiger partial charge in [0.15, 0.2) is 0 Å². The minimum absolute atomic E-state index is 0.00377. The fourth-order valence-electron chi connectivity index (χ4n) is 3.77. The van der Waals surface area contributed by atoms with E-state index < -0.39 is 0 Å². The highest BCUT2D eigenvalue weighted by molar-refractivity contribution is 5.85. The third kappa shape index (κ3) is 7.14. The Morgan fingerprint density at radius 3 is 2.44 bits per heavy atom. The molecule has 0 aliphatic rings. The quantitative estimate of drug-likeness (QED) is 0.485. The summed E-state index contributed by atoms with van der Waals surface area (Å²) in [4.78, 5) is 29.4. The lowest BCUT2D eigenvalue weighted by Crippen LogP contribution is -2.46. The number of benzene rings is 1. The van der Waals surface area contributed by atoms with E-state index >= 15 is 0 Å². The second kappa shape index (κ2) is 12.3. The Kier molecular flexibility index (Phi) is 9.82. The topological polar surface area (TPSA) is 54.8 Å². The highest BCUT2D eigenvalue weighted by Crippen LogP contribution is 2.18. The number of hydrogen-bond donors (Lipinski definition) is 0. The molecular weight excluding hydrogens is 402 g/mol. The number of carbonyl (C=O) groups excluding carboxylic acids is 2. The molecule has 0 N–H and O–H groups in total. The molecule has 176 valence electrons. The fraction of sp³-hybridized carbons (Fsp3) is 0.538. The molecule has 2 amide bonds. The van der Waals surface area contributed by atoms with Crippen LogP contribution in [0.2, 0.25) is 0 Å². The maximum Gasteiger partial charge on any atom is 0.242 e. The Balaban J connectivity index is 2.20. The number of aromatic nitrogens is 1. The molecule has 0 saturated carbocycles. The number of rotatable bonds is 12. The van der Waals surface area contributed by atoms with Crippen molar-refractivity contribution in [2.75, 3.05) is 20.2 Å². The lowest BCUT2D eigenvalue weighted by Gasteiger charge is -2.32. The molecule has 0 radical (unpaired) electrons. The average Bonchev–Trinajstić information content (AvgIpc) is 3.22. The smallest absolute Gasteiger partial charge is 0.242 e. The summed E-state index contributed by atoms with van der Waals surface area (Å²) in [6, 6.07) is 12.2. The van der Waals surface area contributed by atoms with E-state index in [9.17, 15) is 9.59 Å². The van der Waals surface area contributed by atoms with Crippen LogP contribution < -0.4 is 4.74 Å². The third-order valence-corrected chi connectivity index (χ3v) is 5.75. The summed E-state index contributed by atoms with van der Waals surface area (Å²) in [5, 5.41) is 0. The molecule has 2 aromatic rings. The van der Waals surface area contributed by atoms with E-state index in [1.165, 1.54) is 0 Å². The highest BCUT2D eigenvalue weighted by Gasteiger charge is 2.25. The number of hydrogen-bond acceptors (Lipinski definition) is 3. The monoisotopic (exact) mass is 441 g/mol. The van der Waals surface area contributed by atoms with E-state index in [2.05, 4.69) is 44.4 Å². The van der Waals surface area contributed by atoms with E-state index in [1.807, 2.05) is 42.3 Å². The standard InChI is InChI=1S/C26H39N3O3/c1-7-21(5)29(26(31)19-28(16-20(3)4)25(30)8-2)18-23-12-10-14-27(23)17-22-11-9-13-24(15-22)32-6/h9-15,20-21H,7-8,16-19H2,1-6H3. The molecule has 0 saturated heterocycles. The van der Waals surface area contributed by atoms with Gasteiger partial charge in [0, 0.05) is 37.4 Å². The van der Waals surface area contributed by atoms with Crippen molar-refractivity contribution in [1.82, 2.24) is 14.4 Å². The molecule has 1 heterocycles. The summed E-state index contributed by atoms with van der Waals surface area (Å²) < 4.78 is 7.51. The predicted octanol–water partition coefficient (Wildman–Crippen LogP) is 4.57. The van der Waals surface area contributed by atoms with Crippen LogP contribution in [0.1, 0.15) is 58.7 Å². The molecule has 1 aromatic carbocycles. The number of amides is 2. The van der Waals surface area contributed by atoms with Crippen LogP contribution in [-0.2, 0) is 22.7 Å². The first-order chi connectivity index (χ1) is 15.3. The van der Waals surface area contributed by atoms with Crippen LogP contribution in [0.25, 0.3) is 0 Å². The van der Waals surface area contributed by atoms with Crippen LogP contribution in [0.5, 0.6) is 5.75 Å². The van der Waals surface area contributed by atoms with Crippen LogP contribution in [0.3, 0.4) is 0 Å². The Labute approximate surface area is 193 Å². The van der Waals surface area contributed by atoms with Crippen LogP contribution >= 0.6 is 0 Å². The minimum Gasteiger partial charge on any atom is -0.497 e. The zero-order chi connectivity index (χ0) is 23.7. The van der Waals surface area contributed by atoms with Gasteiger partial charge >= 0.3 is 0 Å². The average molecular weight is 442 g/mol. The number of carbonyl (C=O) groups is 2. The van der Waals surface area contributed by atoms with Crippen LogP contribution in [-0.4, -0.2) is 52.4 Å². The van der Waals surface area contributed by atoms with Crippen molar-refractivity contribution in [3.63, 3.8) is 0 Å². The molecule has 0 fully saturated rings. The van der Waals surface area contributed by atoms with Crippen molar-refractivity contribution < 1.29 is 14.3 Å². The molecule has 32 heavy (non-hydrogen) atoms. The van der Waals surface area contributed by atoms with Gasteiger partial charge in [-0.05, 0) is 49.1 Å². The first-order valence-corrected chi connectivity index (χ1v) is 11.6. The van der Waals surface area contributed by atoms with Gasteiger partial charge in [-0.2, -0.15) is 0 Å². The largest absolute Gasteiger partial charge is 0.497 e. The summed E-state index contributed by atoms with van der Waals surface area (Å²) in [7, 11) is 1.67. The van der Waals surface area contributed by atoms with Crippen LogP contribution in [0, 0.1) is 5.92 Å². The first kappa shape index (κ1) is 25.5. The number of methoxy groups -OCH3 is 1. The Morgan fingerprint density at radius 1 is 1.06 bits per heavy atom. The summed E-state index contributed by atoms with van der Waals surface area (Å²) in [5.41, 5.74) is 2.21. The van der Waals surface area contributed by atoms with Gasteiger partial charge in [0.25, 0.3) is 0 Å². The molecule has 0 aliphatic heterocycles. The van der Waals surface area contributed by atoms with Gasteiger partial charge < -0.3 is 19.1 Å². The van der Waals surface area contributed by atoms with E-state index in [-0.39, 0.29) is 24.4 Å². The second-order valence-electron chi connectivity index (χ2n) is 8.78. The van der Waals surface area contributed by atoms with E-state index in [4.69, 9.17) is 4.74 Å². The molecule has 0 spiro atoms. The molecule has 1 aromatic heterocycles. The van der Waals surface area contributed by atoms with Crippen LogP contribution in [0.4, 0.5) is 0 Å². The first-order valence-electron chi connectivity index (χ1n) is 11.6. The Hall–Kier alpha value is -2.76. The maximum absolute atomic E-state index is 13.3. The number of ether oxygens (including phenoxy) is 1. The van der Waals surface area contributed by atoms with Gasteiger partial charge in [-0.1, -0.05) is 39.8 Å². The summed E-state index contributed by atoms with van der Waals surface area (Å²) in [5.74, 6) is 1.17. The zero-order valence-electron chi connectivity index (χ0n) is 20.5. The third-order valence-electron chi connectivity index (χ3n) is 5.75. The maximum atomic E-state index is 13.3. The minimum atomic E-state index is -0.00377. The summed E-state index contributed by atoms with van der Waals surface area (Å²) in [6.45, 7) is 12.1.